The second-order valence-electron chi connectivity index (χ2n) is 1.14. The van der Waals surface area contributed by atoms with Crippen LogP contribution in [0.3, 0.4) is 0 Å². The van der Waals surface area contributed by atoms with Crippen LogP contribution in [0.15, 0.2) is 0 Å². The number of hydrogen-bond acceptors (Lipinski definition) is 3. The predicted molar refractivity (Wildman–Crippen MR) is 28.9 cm³/mol. The first-order chi connectivity index (χ1) is 4.66. The Kier molecular flexibility index (Phi) is 9.40. The average molecular weight is 257 g/mol. The molecule has 0 saturated heterocycles. The van der Waals surface area contributed by atoms with E-state index in [1.165, 1.54) is 6.92 Å². The molecule has 0 spiro atoms. The van der Waals surface area contributed by atoms with Crippen LogP contribution in [0.25, 0.3) is 0 Å². The molecule has 0 aliphatic carbocycles. The Bertz CT molecular complexity index is 240. The van der Waals surface area contributed by atoms with Crippen LogP contribution in [0.2, 0.25) is 0 Å². The summed E-state index contributed by atoms with van der Waals surface area (Å²) in [4.78, 5) is 0. The second kappa shape index (κ2) is 6.34. The molecular weight excluding hydrogens is 252 g/mol. The monoisotopic (exact) mass is 255 g/mol. The second-order valence-corrected chi connectivity index (χ2v) is 2.56. The fraction of sp³-hybridized carbons (Fsp3) is 0.667. The molecule has 0 saturated carbocycles. The quantitative estimate of drug-likeness (QED) is 0.397. The van der Waals surface area contributed by atoms with Gasteiger partial charge in [-0.2, -0.15) is 26.9 Å². The molecule has 0 heterocycles. The number of rotatable bonds is 0. The van der Waals surface area contributed by atoms with Gasteiger partial charge in [-0.3, -0.25) is 4.55 Å². The Morgan fingerprint density at radius 1 is 1.42 bits per heavy atom. The number of alkyl halides is 3. The van der Waals surface area contributed by atoms with Crippen molar-refractivity contribution in [3.05, 3.63) is 0 Å². The Morgan fingerprint density at radius 3 is 1.50 bits per heavy atom. The molecule has 0 atom stereocenters. The standard InChI is InChI=1S/C2H3N.CHF3O3S.Zn/c1-2-3;2-1(3,4)8(5,6)7;/h1H3;(H,5,6,7);. The van der Waals surface area contributed by atoms with E-state index in [9.17, 15) is 13.2 Å². The Morgan fingerprint density at radius 2 is 1.50 bits per heavy atom. The Labute approximate surface area is 79.9 Å². The third-order valence-electron chi connectivity index (χ3n) is 0.292. The van der Waals surface area contributed by atoms with E-state index in [4.69, 9.17) is 18.2 Å². The van der Waals surface area contributed by atoms with Crippen molar-refractivity contribution in [2.24, 2.45) is 0 Å². The van der Waals surface area contributed by atoms with Crippen LogP contribution >= 0.6 is 0 Å². The molecule has 9 heteroatoms. The Balaban J connectivity index is -0.000000177. The van der Waals surface area contributed by atoms with Crippen molar-refractivity contribution in [3.63, 3.8) is 0 Å². The van der Waals surface area contributed by atoms with Gasteiger partial charge in [-0.15, -0.1) is 0 Å². The summed E-state index contributed by atoms with van der Waals surface area (Å²) in [5, 5.41) is 7.32. The molecule has 0 fully saturated rings. The zero-order valence-electron chi connectivity index (χ0n) is 5.96. The van der Waals surface area contributed by atoms with Crippen LogP contribution in [0.4, 0.5) is 13.2 Å². The number of hydrogen-bond donors (Lipinski definition) is 1. The fourth-order valence-corrected chi connectivity index (χ4v) is 0. The van der Waals surface area contributed by atoms with E-state index < -0.39 is 15.6 Å². The van der Waals surface area contributed by atoms with Crippen molar-refractivity contribution >= 4 is 10.1 Å². The molecule has 0 aliphatic heterocycles. The summed E-state index contributed by atoms with van der Waals surface area (Å²) in [6.07, 6.45) is 0. The van der Waals surface area contributed by atoms with Gasteiger partial charge in [0.05, 0.1) is 6.07 Å². The molecular formula is C3H4F3NO3SZn. The molecule has 12 heavy (non-hydrogen) atoms. The third-order valence-corrected chi connectivity index (χ3v) is 0.877. The van der Waals surface area contributed by atoms with E-state index in [1.54, 1.807) is 6.07 Å². The summed E-state index contributed by atoms with van der Waals surface area (Å²) in [6.45, 7) is 1.43. The molecule has 1 N–H and O–H groups in total. The molecule has 0 rings (SSSR count). The molecule has 0 bridgehead atoms. The first-order valence-electron chi connectivity index (χ1n) is 2.01. The summed E-state index contributed by atoms with van der Waals surface area (Å²) in [5.41, 5.74) is -5.53. The number of nitrogens with zero attached hydrogens (tertiary/aromatic N) is 1. The first kappa shape index (κ1) is 17.8. The fourth-order valence-electron chi connectivity index (χ4n) is 0. The van der Waals surface area contributed by atoms with E-state index in [0.717, 1.165) is 0 Å². The maximum Gasteiger partial charge on any atom is 0.522 e. The molecule has 0 aromatic heterocycles. The van der Waals surface area contributed by atoms with Crippen molar-refractivity contribution in [2.45, 2.75) is 12.4 Å². The molecule has 0 unspecified atom stereocenters. The van der Waals surface area contributed by atoms with Gasteiger partial charge in [0.1, 0.15) is 0 Å². The smallest absolute Gasteiger partial charge is 0.279 e. The van der Waals surface area contributed by atoms with Crippen molar-refractivity contribution in [2.75, 3.05) is 0 Å². The minimum Gasteiger partial charge on any atom is -0.279 e. The van der Waals surface area contributed by atoms with Gasteiger partial charge in [-0.25, -0.2) is 0 Å². The van der Waals surface area contributed by atoms with E-state index in [2.05, 4.69) is 0 Å². The van der Waals surface area contributed by atoms with E-state index in [0.29, 0.717) is 0 Å². The molecule has 0 aromatic carbocycles. The van der Waals surface area contributed by atoms with Crippen LogP contribution in [-0.4, -0.2) is 18.5 Å². The SMILES string of the molecule is CC#N.O=S(=O)(O)C(F)(F)F.[Zn]. The topological polar surface area (TPSA) is 78.2 Å². The van der Waals surface area contributed by atoms with E-state index in [-0.39, 0.29) is 19.5 Å². The van der Waals surface area contributed by atoms with Gasteiger partial charge < -0.3 is 0 Å². The maximum absolute atomic E-state index is 10.7. The average Bonchev–Trinajstić information content (AvgIpc) is 1.60. The number of nitriles is 1. The molecule has 0 radical (unpaired) electrons. The minimum absolute atomic E-state index is 0. The predicted octanol–water partition coefficient (Wildman–Crippen LogP) is 0.921. The van der Waals surface area contributed by atoms with Gasteiger partial charge in [0, 0.05) is 26.4 Å². The summed E-state index contributed by atoms with van der Waals surface area (Å²) >= 11 is 0. The van der Waals surface area contributed by atoms with E-state index >= 15 is 0 Å². The van der Waals surface area contributed by atoms with Crippen LogP contribution in [0, 0.1) is 11.3 Å². The zero-order chi connectivity index (χ0) is 9.71. The summed E-state index contributed by atoms with van der Waals surface area (Å²) in [7, 11) is -5.84. The third kappa shape index (κ3) is 9.81. The minimum atomic E-state index is -5.84. The summed E-state index contributed by atoms with van der Waals surface area (Å²) in [6, 6.07) is 1.75. The molecule has 4 nitrogen and oxygen atoms in total. The molecule has 68 valence electrons. The molecule has 0 amide bonds. The van der Waals surface area contributed by atoms with Gasteiger partial charge in [-0.1, -0.05) is 0 Å². The zero-order valence-corrected chi connectivity index (χ0v) is 9.74. The van der Waals surface area contributed by atoms with Crippen LogP contribution in [0.1, 0.15) is 6.92 Å². The van der Waals surface area contributed by atoms with Crippen LogP contribution in [-0.2, 0) is 29.6 Å². The summed E-state index contributed by atoms with van der Waals surface area (Å²) in [5.74, 6) is 0. The van der Waals surface area contributed by atoms with Gasteiger partial charge in [-0.05, 0) is 0 Å². The van der Waals surface area contributed by atoms with E-state index in [1.807, 2.05) is 0 Å². The number of halogens is 3. The normalized spacial score (nSPS) is 10.0. The Hall–Kier alpha value is -0.187. The van der Waals surface area contributed by atoms with Gasteiger partial charge in [0.15, 0.2) is 0 Å². The molecule has 0 aromatic rings. The largest absolute Gasteiger partial charge is 0.522 e. The van der Waals surface area contributed by atoms with Crippen LogP contribution in [0.5, 0.6) is 0 Å². The van der Waals surface area contributed by atoms with Gasteiger partial charge in [0.2, 0.25) is 0 Å². The first-order valence-corrected chi connectivity index (χ1v) is 3.45. The van der Waals surface area contributed by atoms with Crippen molar-refractivity contribution in [3.8, 4) is 6.07 Å². The van der Waals surface area contributed by atoms with Gasteiger partial charge in [0.25, 0.3) is 0 Å². The van der Waals surface area contributed by atoms with Crippen LogP contribution < -0.4 is 0 Å². The van der Waals surface area contributed by atoms with Gasteiger partial charge >= 0.3 is 15.6 Å². The maximum atomic E-state index is 10.7. The van der Waals surface area contributed by atoms with Crippen molar-refractivity contribution < 1.29 is 45.6 Å². The summed E-state index contributed by atoms with van der Waals surface area (Å²) < 4.78 is 57.5. The van der Waals surface area contributed by atoms with Crippen molar-refractivity contribution in [1.29, 1.82) is 5.26 Å². The molecule has 0 aliphatic rings. The van der Waals surface area contributed by atoms with Crippen molar-refractivity contribution in [1.82, 2.24) is 0 Å².